The molecule has 24 heavy (non-hydrogen) atoms. The topological polar surface area (TPSA) is 29.1 Å². The fourth-order valence-electron chi connectivity index (χ4n) is 3.47. The van der Waals surface area contributed by atoms with Gasteiger partial charge < -0.3 is 5.32 Å². The van der Waals surface area contributed by atoms with Gasteiger partial charge in [-0.15, -0.1) is 0 Å². The Morgan fingerprint density at radius 1 is 1.04 bits per heavy atom. The first-order chi connectivity index (χ1) is 11.7. The molecule has 0 radical (unpaired) electrons. The smallest absolute Gasteiger partial charge is 0.244 e. The van der Waals surface area contributed by atoms with Gasteiger partial charge in [-0.1, -0.05) is 55.3 Å². The van der Waals surface area contributed by atoms with E-state index in [0.717, 1.165) is 18.4 Å². The quantitative estimate of drug-likeness (QED) is 0.808. The maximum atomic E-state index is 12.9. The van der Waals surface area contributed by atoms with E-state index in [1.165, 1.54) is 36.6 Å². The van der Waals surface area contributed by atoms with Gasteiger partial charge in [0.05, 0.1) is 0 Å². The van der Waals surface area contributed by atoms with E-state index in [0.29, 0.717) is 6.54 Å². The lowest BCUT2D eigenvalue weighted by molar-refractivity contribution is -0.116. The Labute approximate surface area is 142 Å². The van der Waals surface area contributed by atoms with Crippen molar-refractivity contribution in [2.45, 2.75) is 31.1 Å². The molecule has 0 spiro atoms. The fourth-order valence-corrected chi connectivity index (χ4v) is 3.47. The number of nitrogens with one attached hydrogen (secondary N) is 1. The first kappa shape index (κ1) is 16.4. The van der Waals surface area contributed by atoms with E-state index < -0.39 is 0 Å². The molecule has 2 nitrogen and oxygen atoms in total. The molecule has 0 unspecified atom stereocenters. The summed E-state index contributed by atoms with van der Waals surface area (Å²) >= 11 is 0. The van der Waals surface area contributed by atoms with Crippen LogP contribution in [0.2, 0.25) is 0 Å². The van der Waals surface area contributed by atoms with E-state index >= 15 is 0 Å². The first-order valence-electron chi connectivity index (χ1n) is 8.45. The van der Waals surface area contributed by atoms with Crippen molar-refractivity contribution in [3.05, 3.63) is 77.6 Å². The van der Waals surface area contributed by atoms with Crippen LogP contribution in [0.3, 0.4) is 0 Å². The maximum absolute atomic E-state index is 12.9. The van der Waals surface area contributed by atoms with Gasteiger partial charge in [0.25, 0.3) is 0 Å². The zero-order chi connectivity index (χ0) is 16.8. The van der Waals surface area contributed by atoms with Crippen LogP contribution in [-0.4, -0.2) is 12.5 Å². The first-order valence-corrected chi connectivity index (χ1v) is 8.45. The number of hydrogen-bond acceptors (Lipinski definition) is 1. The highest BCUT2D eigenvalue weighted by Crippen LogP contribution is 2.40. The summed E-state index contributed by atoms with van der Waals surface area (Å²) in [6, 6.07) is 16.6. The van der Waals surface area contributed by atoms with Crippen molar-refractivity contribution in [3.63, 3.8) is 0 Å². The van der Waals surface area contributed by atoms with Crippen molar-refractivity contribution in [3.8, 4) is 0 Å². The van der Waals surface area contributed by atoms with Gasteiger partial charge >= 0.3 is 0 Å². The minimum atomic E-state index is -0.275. The zero-order valence-electron chi connectivity index (χ0n) is 13.7. The summed E-state index contributed by atoms with van der Waals surface area (Å²) in [7, 11) is 0. The Hall–Kier alpha value is -2.42. The predicted molar refractivity (Wildman–Crippen MR) is 95.0 cm³/mol. The van der Waals surface area contributed by atoms with Crippen molar-refractivity contribution in [1.29, 1.82) is 0 Å². The van der Waals surface area contributed by atoms with Crippen LogP contribution in [0.1, 0.15) is 36.8 Å². The number of hydrogen-bond donors (Lipinski definition) is 1. The van der Waals surface area contributed by atoms with Crippen LogP contribution in [0, 0.1) is 5.82 Å². The van der Waals surface area contributed by atoms with Gasteiger partial charge in [0.15, 0.2) is 0 Å². The summed E-state index contributed by atoms with van der Waals surface area (Å²) in [6.45, 7) is 0.656. The van der Waals surface area contributed by atoms with Crippen LogP contribution in [0.4, 0.5) is 4.39 Å². The molecule has 0 atom stereocenters. The zero-order valence-corrected chi connectivity index (χ0v) is 13.7. The third kappa shape index (κ3) is 3.91. The molecule has 124 valence electrons. The molecule has 3 rings (SSSR count). The lowest BCUT2D eigenvalue weighted by atomic mass is 9.79. The van der Waals surface area contributed by atoms with Crippen molar-refractivity contribution < 1.29 is 9.18 Å². The fraction of sp³-hybridized carbons (Fsp3) is 0.286. The van der Waals surface area contributed by atoms with E-state index in [1.807, 2.05) is 6.07 Å². The molecule has 2 aromatic carbocycles. The molecule has 1 aliphatic carbocycles. The van der Waals surface area contributed by atoms with E-state index in [-0.39, 0.29) is 17.1 Å². The summed E-state index contributed by atoms with van der Waals surface area (Å²) in [6.07, 6.45) is 7.85. The highest BCUT2D eigenvalue weighted by Gasteiger charge is 2.35. The number of benzene rings is 2. The number of carbonyl (C=O) groups excluding carboxylic acids is 1. The summed E-state index contributed by atoms with van der Waals surface area (Å²) in [4.78, 5) is 12.1. The molecule has 1 aliphatic rings. The van der Waals surface area contributed by atoms with Gasteiger partial charge in [0, 0.05) is 18.0 Å². The standard InChI is InChI=1S/C21H22FNO/c22-19-11-8-17(9-12-19)10-13-20(24)23-16-21(14-4-5-15-21)18-6-2-1-3-7-18/h1-3,6-13H,4-5,14-16H2,(H,23,24)/b13-10-. The molecule has 0 aliphatic heterocycles. The van der Waals surface area contributed by atoms with Crippen LogP contribution in [0.5, 0.6) is 0 Å². The van der Waals surface area contributed by atoms with E-state index in [4.69, 9.17) is 0 Å². The second kappa shape index (κ2) is 7.43. The maximum Gasteiger partial charge on any atom is 0.244 e. The molecular formula is C21H22FNO. The Balaban J connectivity index is 1.63. The lowest BCUT2D eigenvalue weighted by Crippen LogP contribution is -2.38. The molecule has 1 fully saturated rings. The number of halogens is 1. The Morgan fingerprint density at radius 2 is 1.71 bits per heavy atom. The second-order valence-electron chi connectivity index (χ2n) is 6.46. The normalized spacial score (nSPS) is 16.4. The second-order valence-corrected chi connectivity index (χ2v) is 6.46. The molecule has 3 heteroatoms. The van der Waals surface area contributed by atoms with Gasteiger partial charge in [0.2, 0.25) is 5.91 Å². The molecule has 0 aromatic heterocycles. The highest BCUT2D eigenvalue weighted by molar-refractivity contribution is 5.91. The summed E-state index contributed by atoms with van der Waals surface area (Å²) in [5.41, 5.74) is 2.18. The largest absolute Gasteiger partial charge is 0.352 e. The third-order valence-electron chi connectivity index (χ3n) is 4.84. The van der Waals surface area contributed by atoms with Gasteiger partial charge in [-0.3, -0.25) is 4.79 Å². The summed E-state index contributed by atoms with van der Waals surface area (Å²) in [5.74, 6) is -0.385. The molecule has 0 heterocycles. The van der Waals surface area contributed by atoms with Crippen LogP contribution >= 0.6 is 0 Å². The number of rotatable bonds is 5. The molecule has 0 bridgehead atoms. The van der Waals surface area contributed by atoms with Crippen LogP contribution in [-0.2, 0) is 10.2 Å². The van der Waals surface area contributed by atoms with Gasteiger partial charge in [-0.2, -0.15) is 0 Å². The molecule has 1 saturated carbocycles. The third-order valence-corrected chi connectivity index (χ3v) is 4.84. The SMILES string of the molecule is O=C(/C=C\c1ccc(F)cc1)NCC1(c2ccccc2)CCCC1. The highest BCUT2D eigenvalue weighted by atomic mass is 19.1. The molecule has 2 aromatic rings. The molecule has 1 N–H and O–H groups in total. The number of carbonyl (C=O) groups is 1. The number of amides is 1. The van der Waals surface area contributed by atoms with Crippen molar-refractivity contribution in [1.82, 2.24) is 5.32 Å². The summed E-state index contributed by atoms with van der Waals surface area (Å²) in [5, 5.41) is 3.05. The van der Waals surface area contributed by atoms with E-state index in [2.05, 4.69) is 29.6 Å². The minimum Gasteiger partial charge on any atom is -0.352 e. The van der Waals surface area contributed by atoms with Crippen molar-refractivity contribution in [2.24, 2.45) is 0 Å². The Morgan fingerprint density at radius 3 is 2.38 bits per heavy atom. The lowest BCUT2D eigenvalue weighted by Gasteiger charge is -2.29. The van der Waals surface area contributed by atoms with E-state index in [1.54, 1.807) is 18.2 Å². The minimum absolute atomic E-state index is 0.0562. The Kier molecular flexibility index (Phi) is 5.09. The van der Waals surface area contributed by atoms with Crippen molar-refractivity contribution in [2.75, 3.05) is 6.54 Å². The van der Waals surface area contributed by atoms with Crippen LogP contribution in [0.15, 0.2) is 60.7 Å². The van der Waals surface area contributed by atoms with E-state index in [9.17, 15) is 9.18 Å². The molecule has 1 amide bonds. The molecular weight excluding hydrogens is 301 g/mol. The average Bonchev–Trinajstić information content (AvgIpc) is 3.10. The van der Waals surface area contributed by atoms with Gasteiger partial charge in [-0.25, -0.2) is 4.39 Å². The average molecular weight is 323 g/mol. The van der Waals surface area contributed by atoms with Crippen molar-refractivity contribution >= 4 is 12.0 Å². The van der Waals surface area contributed by atoms with Crippen LogP contribution in [0.25, 0.3) is 6.08 Å². The molecule has 0 saturated heterocycles. The predicted octanol–water partition coefficient (Wildman–Crippen LogP) is 4.47. The Bertz CT molecular complexity index is 700. The van der Waals surface area contributed by atoms with Gasteiger partial charge in [-0.05, 0) is 42.2 Å². The van der Waals surface area contributed by atoms with Gasteiger partial charge in [0.1, 0.15) is 5.82 Å². The monoisotopic (exact) mass is 323 g/mol. The summed E-state index contributed by atoms with van der Waals surface area (Å²) < 4.78 is 12.9. The van der Waals surface area contributed by atoms with Crippen LogP contribution < -0.4 is 5.32 Å².